The molecule has 2 aromatic rings. The van der Waals surface area contributed by atoms with E-state index in [1.54, 1.807) is 6.08 Å². The van der Waals surface area contributed by atoms with E-state index in [9.17, 15) is 5.11 Å². The van der Waals surface area contributed by atoms with E-state index >= 15 is 0 Å². The standard InChI is InChI=1S/C14H18N2O/c1-2-8-15-10-13(17)11-16-9-7-12-5-3-4-6-14(12)16/h2-7,9,13,15,17H,1,8,10-11H2/t13-/m1/s1. The maximum absolute atomic E-state index is 9.89. The monoisotopic (exact) mass is 230 g/mol. The molecule has 0 fully saturated rings. The lowest BCUT2D eigenvalue weighted by Gasteiger charge is -2.13. The van der Waals surface area contributed by atoms with Gasteiger partial charge in [0.15, 0.2) is 0 Å². The number of benzene rings is 1. The average Bonchev–Trinajstić information content (AvgIpc) is 2.73. The highest BCUT2D eigenvalue weighted by Gasteiger charge is 2.06. The summed E-state index contributed by atoms with van der Waals surface area (Å²) in [5, 5.41) is 14.2. The van der Waals surface area contributed by atoms with Crippen molar-refractivity contribution in [1.29, 1.82) is 0 Å². The first-order chi connectivity index (χ1) is 8.31. The lowest BCUT2D eigenvalue weighted by atomic mass is 10.2. The summed E-state index contributed by atoms with van der Waals surface area (Å²) >= 11 is 0. The largest absolute Gasteiger partial charge is 0.390 e. The Bertz CT molecular complexity index is 490. The van der Waals surface area contributed by atoms with Crippen LogP contribution in [0.3, 0.4) is 0 Å². The highest BCUT2D eigenvalue weighted by Crippen LogP contribution is 2.15. The Hall–Kier alpha value is -1.58. The molecule has 1 heterocycles. The van der Waals surface area contributed by atoms with Gasteiger partial charge < -0.3 is 15.0 Å². The minimum absolute atomic E-state index is 0.384. The number of hydrogen-bond acceptors (Lipinski definition) is 2. The van der Waals surface area contributed by atoms with Crippen molar-refractivity contribution in [3.8, 4) is 0 Å². The maximum atomic E-state index is 9.89. The molecule has 0 radical (unpaired) electrons. The predicted molar refractivity (Wildman–Crippen MR) is 71.0 cm³/mol. The molecule has 2 rings (SSSR count). The van der Waals surface area contributed by atoms with Crippen LogP contribution in [0.2, 0.25) is 0 Å². The summed E-state index contributed by atoms with van der Waals surface area (Å²) in [5.74, 6) is 0. The summed E-state index contributed by atoms with van der Waals surface area (Å²) in [6, 6.07) is 10.3. The van der Waals surface area contributed by atoms with Gasteiger partial charge in [0.1, 0.15) is 0 Å². The number of fused-ring (bicyclic) bond motifs is 1. The summed E-state index contributed by atoms with van der Waals surface area (Å²) in [6.07, 6.45) is 3.42. The zero-order chi connectivity index (χ0) is 12.1. The first kappa shape index (κ1) is 11.9. The van der Waals surface area contributed by atoms with E-state index in [-0.39, 0.29) is 6.10 Å². The van der Waals surface area contributed by atoms with Gasteiger partial charge >= 0.3 is 0 Å². The fraction of sp³-hybridized carbons (Fsp3) is 0.286. The number of nitrogens with zero attached hydrogens (tertiary/aromatic N) is 1. The molecule has 1 aromatic heterocycles. The van der Waals surface area contributed by atoms with Crippen molar-refractivity contribution in [2.45, 2.75) is 12.6 Å². The van der Waals surface area contributed by atoms with Crippen LogP contribution in [-0.2, 0) is 6.54 Å². The summed E-state index contributed by atoms with van der Waals surface area (Å²) in [6.45, 7) is 5.54. The number of para-hydroxylation sites is 1. The van der Waals surface area contributed by atoms with Crippen LogP contribution in [0.15, 0.2) is 49.2 Å². The molecule has 3 nitrogen and oxygen atoms in total. The van der Waals surface area contributed by atoms with Crippen molar-refractivity contribution in [2.75, 3.05) is 13.1 Å². The van der Waals surface area contributed by atoms with E-state index < -0.39 is 0 Å². The first-order valence-corrected chi connectivity index (χ1v) is 5.85. The van der Waals surface area contributed by atoms with Crippen molar-refractivity contribution >= 4 is 10.9 Å². The molecule has 0 spiro atoms. The molecule has 3 heteroatoms. The summed E-state index contributed by atoms with van der Waals surface area (Å²) < 4.78 is 2.08. The Morgan fingerprint density at radius 1 is 1.35 bits per heavy atom. The second kappa shape index (κ2) is 5.66. The molecule has 17 heavy (non-hydrogen) atoms. The fourth-order valence-electron chi connectivity index (χ4n) is 1.94. The van der Waals surface area contributed by atoms with Gasteiger partial charge in [0, 0.05) is 31.3 Å². The van der Waals surface area contributed by atoms with Gasteiger partial charge in [-0.1, -0.05) is 24.3 Å². The van der Waals surface area contributed by atoms with E-state index in [0.717, 1.165) is 12.1 Å². The Morgan fingerprint density at radius 3 is 3.00 bits per heavy atom. The maximum Gasteiger partial charge on any atom is 0.0843 e. The fourth-order valence-corrected chi connectivity index (χ4v) is 1.94. The summed E-state index contributed by atoms with van der Waals surface area (Å²) in [5.41, 5.74) is 1.16. The minimum atomic E-state index is -0.384. The summed E-state index contributed by atoms with van der Waals surface area (Å²) in [4.78, 5) is 0. The molecule has 0 unspecified atom stereocenters. The van der Waals surface area contributed by atoms with Gasteiger partial charge in [0.2, 0.25) is 0 Å². The Kier molecular flexibility index (Phi) is 3.96. The van der Waals surface area contributed by atoms with Gasteiger partial charge in [-0.05, 0) is 17.5 Å². The van der Waals surface area contributed by atoms with Crippen LogP contribution in [0.1, 0.15) is 0 Å². The molecule has 0 amide bonds. The van der Waals surface area contributed by atoms with Gasteiger partial charge in [0.05, 0.1) is 6.10 Å². The smallest absolute Gasteiger partial charge is 0.0843 e. The van der Waals surface area contributed by atoms with Crippen molar-refractivity contribution < 1.29 is 5.11 Å². The lowest BCUT2D eigenvalue weighted by molar-refractivity contribution is 0.154. The third-order valence-electron chi connectivity index (χ3n) is 2.76. The first-order valence-electron chi connectivity index (χ1n) is 5.85. The molecule has 1 atom stereocenters. The minimum Gasteiger partial charge on any atom is -0.390 e. The van der Waals surface area contributed by atoms with Crippen LogP contribution in [0.4, 0.5) is 0 Å². The van der Waals surface area contributed by atoms with E-state index in [0.29, 0.717) is 13.1 Å². The van der Waals surface area contributed by atoms with Crippen LogP contribution in [-0.4, -0.2) is 28.9 Å². The van der Waals surface area contributed by atoms with E-state index in [4.69, 9.17) is 0 Å². The predicted octanol–water partition coefficient (Wildman–Crippen LogP) is 1.78. The van der Waals surface area contributed by atoms with E-state index in [1.807, 2.05) is 18.3 Å². The SMILES string of the molecule is C=CCNC[C@@H](O)Cn1ccc2ccccc21. The second-order valence-corrected chi connectivity index (χ2v) is 4.13. The highest BCUT2D eigenvalue weighted by molar-refractivity contribution is 5.79. The molecule has 1 aromatic carbocycles. The van der Waals surface area contributed by atoms with Gasteiger partial charge in [-0.25, -0.2) is 0 Å². The highest BCUT2D eigenvalue weighted by atomic mass is 16.3. The van der Waals surface area contributed by atoms with Crippen molar-refractivity contribution in [2.24, 2.45) is 0 Å². The Labute approximate surface area is 101 Å². The molecule has 0 bridgehead atoms. The average molecular weight is 230 g/mol. The molecule has 0 saturated heterocycles. The molecular weight excluding hydrogens is 212 g/mol. The van der Waals surface area contributed by atoms with Gasteiger partial charge in [-0.3, -0.25) is 0 Å². The molecule has 2 N–H and O–H groups in total. The van der Waals surface area contributed by atoms with Crippen LogP contribution >= 0.6 is 0 Å². The van der Waals surface area contributed by atoms with Crippen LogP contribution in [0.25, 0.3) is 10.9 Å². The topological polar surface area (TPSA) is 37.2 Å². The third-order valence-corrected chi connectivity index (χ3v) is 2.76. The third kappa shape index (κ3) is 2.96. The zero-order valence-corrected chi connectivity index (χ0v) is 9.84. The quantitative estimate of drug-likeness (QED) is 0.586. The van der Waals surface area contributed by atoms with Crippen LogP contribution in [0.5, 0.6) is 0 Å². The number of aromatic nitrogens is 1. The lowest BCUT2D eigenvalue weighted by Crippen LogP contribution is -2.30. The Balaban J connectivity index is 2.00. The molecule has 90 valence electrons. The molecule has 0 aliphatic carbocycles. The molecule has 0 saturated carbocycles. The normalized spacial score (nSPS) is 12.8. The zero-order valence-electron chi connectivity index (χ0n) is 9.84. The molecule has 0 aliphatic heterocycles. The van der Waals surface area contributed by atoms with Crippen molar-refractivity contribution in [1.82, 2.24) is 9.88 Å². The number of aliphatic hydroxyl groups excluding tert-OH is 1. The van der Waals surface area contributed by atoms with E-state index in [2.05, 4.69) is 34.7 Å². The second-order valence-electron chi connectivity index (χ2n) is 4.13. The Morgan fingerprint density at radius 2 is 2.18 bits per heavy atom. The summed E-state index contributed by atoms with van der Waals surface area (Å²) in [7, 11) is 0. The van der Waals surface area contributed by atoms with Gasteiger partial charge in [0.25, 0.3) is 0 Å². The molecule has 0 aliphatic rings. The molecular formula is C14H18N2O. The number of aliphatic hydroxyl groups is 1. The number of hydrogen-bond donors (Lipinski definition) is 2. The van der Waals surface area contributed by atoms with Gasteiger partial charge in [-0.2, -0.15) is 0 Å². The number of rotatable bonds is 6. The van der Waals surface area contributed by atoms with Crippen LogP contribution in [0, 0.1) is 0 Å². The van der Waals surface area contributed by atoms with Crippen molar-refractivity contribution in [3.05, 3.63) is 49.2 Å². The van der Waals surface area contributed by atoms with Gasteiger partial charge in [-0.15, -0.1) is 6.58 Å². The van der Waals surface area contributed by atoms with Crippen LogP contribution < -0.4 is 5.32 Å². The van der Waals surface area contributed by atoms with Crippen molar-refractivity contribution in [3.63, 3.8) is 0 Å². The number of nitrogens with one attached hydrogen (secondary N) is 1. The van der Waals surface area contributed by atoms with E-state index in [1.165, 1.54) is 5.39 Å².